The van der Waals surface area contributed by atoms with E-state index in [0.717, 1.165) is 12.8 Å². The zero-order valence-corrected chi connectivity index (χ0v) is 9.65. The van der Waals surface area contributed by atoms with Gasteiger partial charge in [0.1, 0.15) is 6.20 Å². The smallest absolute Gasteiger partial charge is 0.435 e. The van der Waals surface area contributed by atoms with Gasteiger partial charge in [-0.2, -0.15) is 9.28 Å². The summed E-state index contributed by atoms with van der Waals surface area (Å²) in [5.74, 6) is 0. The minimum Gasteiger partial charge on any atom is -0.435 e. The van der Waals surface area contributed by atoms with Crippen molar-refractivity contribution in [2.24, 2.45) is 0 Å². The topological polar surface area (TPSA) is 40.5 Å². The highest BCUT2D eigenvalue weighted by molar-refractivity contribution is 5.57. The molecule has 0 radical (unpaired) electrons. The molecule has 4 heteroatoms. The van der Waals surface area contributed by atoms with E-state index < -0.39 is 6.09 Å². The lowest BCUT2D eigenvalue weighted by Crippen LogP contribution is -2.49. The zero-order chi connectivity index (χ0) is 11.3. The molecule has 1 atom stereocenters. The van der Waals surface area contributed by atoms with Crippen LogP contribution in [0.5, 0.6) is 0 Å². The molecule has 0 aromatic heterocycles. The fourth-order valence-electron chi connectivity index (χ4n) is 1.92. The number of hydrogen-bond donors (Lipinski definition) is 1. The molecule has 1 aliphatic rings. The molecule has 1 rings (SSSR count). The van der Waals surface area contributed by atoms with E-state index in [1.165, 1.54) is 12.8 Å². The highest BCUT2D eigenvalue weighted by Gasteiger charge is 2.38. The van der Waals surface area contributed by atoms with Crippen LogP contribution in [0.15, 0.2) is 12.4 Å². The Hall–Kier alpha value is -1.03. The van der Waals surface area contributed by atoms with E-state index >= 15 is 0 Å². The van der Waals surface area contributed by atoms with Crippen molar-refractivity contribution in [1.29, 1.82) is 0 Å². The minimum atomic E-state index is -0.743. The Morgan fingerprint density at radius 3 is 2.67 bits per heavy atom. The van der Waals surface area contributed by atoms with Gasteiger partial charge in [-0.1, -0.05) is 19.8 Å². The molecule has 0 fully saturated rings. The molecule has 0 aliphatic carbocycles. The van der Waals surface area contributed by atoms with Crippen molar-refractivity contribution in [2.45, 2.75) is 32.6 Å². The van der Waals surface area contributed by atoms with Gasteiger partial charge in [-0.25, -0.2) is 0 Å². The Kier molecular flexibility index (Phi) is 4.15. The van der Waals surface area contributed by atoms with Gasteiger partial charge in [-0.15, -0.1) is 0 Å². The van der Waals surface area contributed by atoms with Crippen LogP contribution in [0.1, 0.15) is 32.6 Å². The van der Waals surface area contributed by atoms with Crippen molar-refractivity contribution in [3.8, 4) is 0 Å². The van der Waals surface area contributed by atoms with Gasteiger partial charge in [0.25, 0.3) is 0 Å². The number of hydrogen-bond acceptors (Lipinski definition) is 2. The third-order valence-electron chi connectivity index (χ3n) is 2.87. The summed E-state index contributed by atoms with van der Waals surface area (Å²) in [6, 6.07) is 0. The van der Waals surface area contributed by atoms with Crippen LogP contribution in [0.2, 0.25) is 0 Å². The van der Waals surface area contributed by atoms with Crippen LogP contribution in [0.3, 0.4) is 0 Å². The molecule has 1 N–H and O–H groups in total. The van der Waals surface area contributed by atoms with Crippen LogP contribution in [-0.4, -0.2) is 40.8 Å². The number of rotatable bonds is 5. The summed E-state index contributed by atoms with van der Waals surface area (Å²) in [5.41, 5.74) is 0. The Morgan fingerprint density at radius 1 is 1.47 bits per heavy atom. The van der Waals surface area contributed by atoms with Crippen molar-refractivity contribution in [3.63, 3.8) is 0 Å². The number of amides is 1. The van der Waals surface area contributed by atoms with E-state index in [9.17, 15) is 9.90 Å². The predicted octanol–water partition coefficient (Wildman–Crippen LogP) is 2.44. The van der Waals surface area contributed by atoms with Gasteiger partial charge in [0, 0.05) is 7.05 Å². The lowest BCUT2D eigenvalue weighted by Gasteiger charge is -2.25. The molecule has 86 valence electrons. The monoisotopic (exact) mass is 213 g/mol. The number of nitrogens with zero attached hydrogens (tertiary/aromatic N) is 2. The lowest BCUT2D eigenvalue weighted by atomic mass is 10.2. The second kappa shape index (κ2) is 5.16. The third kappa shape index (κ3) is 2.96. The first kappa shape index (κ1) is 12.0. The molecule has 1 heterocycles. The summed E-state index contributed by atoms with van der Waals surface area (Å²) < 4.78 is 0.0697. The molecule has 0 aromatic carbocycles. The molecule has 0 spiro atoms. The van der Waals surface area contributed by atoms with Gasteiger partial charge in [0.2, 0.25) is 0 Å². The number of carbonyl (C=O) groups is 1. The first-order valence-corrected chi connectivity index (χ1v) is 5.60. The molecule has 15 heavy (non-hydrogen) atoms. The van der Waals surface area contributed by atoms with Crippen LogP contribution >= 0.6 is 0 Å². The Labute approximate surface area is 91.4 Å². The van der Waals surface area contributed by atoms with Gasteiger partial charge in [-0.3, -0.25) is 0 Å². The zero-order valence-electron chi connectivity index (χ0n) is 9.65. The average Bonchev–Trinajstić information content (AvgIpc) is 2.56. The van der Waals surface area contributed by atoms with Gasteiger partial charge in [-0.05, 0) is 12.8 Å². The van der Waals surface area contributed by atoms with Crippen molar-refractivity contribution in [1.82, 2.24) is 4.90 Å². The van der Waals surface area contributed by atoms with Gasteiger partial charge < -0.3 is 10.0 Å². The van der Waals surface area contributed by atoms with Crippen LogP contribution < -0.4 is 0 Å². The van der Waals surface area contributed by atoms with Gasteiger partial charge >= 0.3 is 6.09 Å². The van der Waals surface area contributed by atoms with Gasteiger partial charge in [0.05, 0.1) is 12.7 Å². The summed E-state index contributed by atoms with van der Waals surface area (Å²) >= 11 is 0. The first-order valence-electron chi connectivity index (χ1n) is 5.60. The maximum Gasteiger partial charge on any atom is 0.519 e. The average molecular weight is 213 g/mol. The molecule has 1 aliphatic heterocycles. The van der Waals surface area contributed by atoms with Crippen LogP contribution in [0, 0.1) is 0 Å². The maximum absolute atomic E-state index is 11.2. The molecule has 4 nitrogen and oxygen atoms in total. The van der Waals surface area contributed by atoms with E-state index in [4.69, 9.17) is 0 Å². The van der Waals surface area contributed by atoms with E-state index in [-0.39, 0.29) is 4.48 Å². The summed E-state index contributed by atoms with van der Waals surface area (Å²) in [6.45, 7) is 3.42. The normalized spacial score (nSPS) is 24.8. The maximum atomic E-state index is 11.2. The number of unbranched alkanes of at least 4 members (excludes halogenated alkanes) is 3. The molecule has 1 unspecified atom stereocenters. The third-order valence-corrected chi connectivity index (χ3v) is 2.87. The molecule has 1 amide bonds. The van der Waals surface area contributed by atoms with E-state index in [1.54, 1.807) is 6.20 Å². The largest absolute Gasteiger partial charge is 0.519 e. The molecule has 0 aromatic rings. The molecular weight excluding hydrogens is 192 g/mol. The fourth-order valence-corrected chi connectivity index (χ4v) is 1.92. The van der Waals surface area contributed by atoms with E-state index in [0.29, 0.717) is 13.2 Å². The van der Waals surface area contributed by atoms with Crippen LogP contribution in [0.4, 0.5) is 4.79 Å². The van der Waals surface area contributed by atoms with Crippen LogP contribution in [-0.2, 0) is 0 Å². The lowest BCUT2D eigenvalue weighted by molar-refractivity contribution is -0.808. The fraction of sp³-hybridized carbons (Fsp3) is 0.727. The van der Waals surface area contributed by atoms with E-state index in [1.807, 2.05) is 18.1 Å². The summed E-state index contributed by atoms with van der Waals surface area (Å²) in [4.78, 5) is 13.2. The van der Waals surface area contributed by atoms with Crippen molar-refractivity contribution in [3.05, 3.63) is 12.4 Å². The van der Waals surface area contributed by atoms with Crippen LogP contribution in [0.25, 0.3) is 0 Å². The number of quaternary nitrogens is 1. The van der Waals surface area contributed by atoms with Crippen molar-refractivity contribution in [2.75, 3.05) is 20.3 Å². The van der Waals surface area contributed by atoms with Crippen molar-refractivity contribution >= 4 is 6.09 Å². The standard InChI is InChI=1S/C11H20N2O2/c1-3-4-5-6-8-13(11(14)15)9-7-12(2)10-13/h7,9H,3-6,8,10H2,1-2H3/p+1. The SMILES string of the molecule is CCCCCC[N+]1(C(=O)O)C=CN(C)C1. The molecule has 0 saturated carbocycles. The Bertz CT molecular complexity index is 253. The number of carboxylic acid groups (broad SMARTS) is 1. The first-order chi connectivity index (χ1) is 7.10. The highest BCUT2D eigenvalue weighted by atomic mass is 16.4. The second-order valence-electron chi connectivity index (χ2n) is 4.30. The van der Waals surface area contributed by atoms with Gasteiger partial charge in [0.15, 0.2) is 6.67 Å². The van der Waals surface area contributed by atoms with E-state index in [2.05, 4.69) is 6.92 Å². The minimum absolute atomic E-state index is 0.0697. The summed E-state index contributed by atoms with van der Waals surface area (Å²) in [7, 11) is 1.91. The second-order valence-corrected chi connectivity index (χ2v) is 4.30. The Morgan fingerprint density at radius 2 is 2.20 bits per heavy atom. The predicted molar refractivity (Wildman–Crippen MR) is 59.1 cm³/mol. The highest BCUT2D eigenvalue weighted by Crippen LogP contribution is 2.19. The Balaban J connectivity index is 2.46. The molecule has 0 bridgehead atoms. The van der Waals surface area contributed by atoms with Crippen molar-refractivity contribution < 1.29 is 14.4 Å². The summed E-state index contributed by atoms with van der Waals surface area (Å²) in [6.07, 6.45) is 7.39. The summed E-state index contributed by atoms with van der Waals surface area (Å²) in [5, 5.41) is 9.23. The molecule has 0 saturated heterocycles. The molecular formula is C11H21N2O2+. The quantitative estimate of drug-likeness (QED) is 0.563.